The Balaban J connectivity index is 1.66. The van der Waals surface area contributed by atoms with Crippen molar-refractivity contribution in [2.24, 2.45) is 0 Å². The average Bonchev–Trinajstić information content (AvgIpc) is 3.44. The number of phenols is 1. The quantitative estimate of drug-likeness (QED) is 0.261. The SMILES string of the molecule is COCC(=O)Nc1cc(N2C(=S)N[C@@H](c3ccccn3)[C@H]2c2cc(C)n(-c3ccccc3O)c2C)ccc1OC. The van der Waals surface area contributed by atoms with E-state index in [0.717, 1.165) is 28.3 Å². The van der Waals surface area contributed by atoms with E-state index in [-0.39, 0.29) is 30.3 Å². The summed E-state index contributed by atoms with van der Waals surface area (Å²) in [5, 5.41) is 17.5. The molecular weight excluding hydrogens is 526 g/mol. The second-order valence-electron chi connectivity index (χ2n) is 9.51. The zero-order valence-corrected chi connectivity index (χ0v) is 23.5. The molecule has 9 nitrogen and oxygen atoms in total. The zero-order valence-electron chi connectivity index (χ0n) is 22.7. The van der Waals surface area contributed by atoms with Gasteiger partial charge < -0.3 is 34.7 Å². The number of rotatable bonds is 8. The first-order valence-corrected chi connectivity index (χ1v) is 13.2. The zero-order chi connectivity index (χ0) is 28.4. The minimum Gasteiger partial charge on any atom is -0.506 e. The number of hydrogen-bond acceptors (Lipinski definition) is 6. The second-order valence-corrected chi connectivity index (χ2v) is 9.90. The summed E-state index contributed by atoms with van der Waals surface area (Å²) in [6.45, 7) is 3.97. The van der Waals surface area contributed by atoms with Gasteiger partial charge in [-0.3, -0.25) is 9.78 Å². The maximum Gasteiger partial charge on any atom is 0.250 e. The Labute approximate surface area is 238 Å². The van der Waals surface area contributed by atoms with Gasteiger partial charge >= 0.3 is 0 Å². The molecule has 1 saturated heterocycles. The largest absolute Gasteiger partial charge is 0.506 e. The number of phenolic OH excluding ortho intramolecular Hbond substituents is 1. The molecule has 2 atom stereocenters. The van der Waals surface area contributed by atoms with E-state index in [1.807, 2.05) is 65.8 Å². The molecule has 3 heterocycles. The number of aromatic hydroxyl groups is 1. The van der Waals surface area contributed by atoms with Gasteiger partial charge in [-0.2, -0.15) is 0 Å². The summed E-state index contributed by atoms with van der Waals surface area (Å²) in [5.41, 5.74) is 5.76. The Kier molecular flexibility index (Phi) is 7.72. The molecule has 1 amide bonds. The molecule has 10 heteroatoms. The molecule has 0 spiro atoms. The normalized spacial score (nSPS) is 16.6. The van der Waals surface area contributed by atoms with Crippen LogP contribution >= 0.6 is 12.2 Å². The van der Waals surface area contributed by atoms with E-state index in [1.165, 1.54) is 7.11 Å². The first kappa shape index (κ1) is 27.2. The lowest BCUT2D eigenvalue weighted by molar-refractivity contribution is -0.119. The molecular formula is C30H31N5O4S. The summed E-state index contributed by atoms with van der Waals surface area (Å²) in [4.78, 5) is 19.1. The fraction of sp³-hybridized carbons (Fsp3) is 0.233. The predicted molar refractivity (Wildman–Crippen MR) is 158 cm³/mol. The number of benzene rings is 2. The highest BCUT2D eigenvalue weighted by atomic mass is 32.1. The number of carbonyl (C=O) groups is 1. The third-order valence-electron chi connectivity index (χ3n) is 7.02. The van der Waals surface area contributed by atoms with Crippen molar-refractivity contribution in [1.29, 1.82) is 0 Å². The van der Waals surface area contributed by atoms with E-state index < -0.39 is 0 Å². The first-order chi connectivity index (χ1) is 19.3. The lowest BCUT2D eigenvalue weighted by Crippen LogP contribution is -2.29. The minimum atomic E-state index is -0.297. The Morgan fingerprint density at radius 2 is 1.88 bits per heavy atom. The van der Waals surface area contributed by atoms with Crippen LogP contribution in [-0.4, -0.2) is 46.5 Å². The number of para-hydroxylation sites is 2. The smallest absolute Gasteiger partial charge is 0.250 e. The molecule has 0 bridgehead atoms. The number of hydrogen-bond donors (Lipinski definition) is 3. The van der Waals surface area contributed by atoms with Crippen LogP contribution in [0.3, 0.4) is 0 Å². The molecule has 1 aliphatic heterocycles. The van der Waals surface area contributed by atoms with E-state index in [4.69, 9.17) is 21.7 Å². The first-order valence-electron chi connectivity index (χ1n) is 12.8. The van der Waals surface area contributed by atoms with Crippen molar-refractivity contribution < 1.29 is 19.4 Å². The highest BCUT2D eigenvalue weighted by Gasteiger charge is 2.42. The lowest BCUT2D eigenvalue weighted by Gasteiger charge is -2.29. The molecule has 5 rings (SSSR count). The van der Waals surface area contributed by atoms with Gasteiger partial charge in [0, 0.05) is 30.4 Å². The number of amides is 1. The Bertz CT molecular complexity index is 1560. The number of pyridine rings is 1. The molecule has 0 unspecified atom stereocenters. The van der Waals surface area contributed by atoms with E-state index in [1.54, 1.807) is 31.5 Å². The van der Waals surface area contributed by atoms with Crippen molar-refractivity contribution in [3.05, 3.63) is 95.6 Å². The second kappa shape index (κ2) is 11.4. The van der Waals surface area contributed by atoms with E-state index in [0.29, 0.717) is 22.2 Å². The summed E-state index contributed by atoms with van der Waals surface area (Å²) >= 11 is 5.91. The van der Waals surface area contributed by atoms with Gasteiger partial charge in [0.2, 0.25) is 5.91 Å². The maximum absolute atomic E-state index is 12.4. The number of methoxy groups -OCH3 is 2. The molecule has 1 fully saturated rings. The van der Waals surface area contributed by atoms with Crippen LogP contribution in [0.5, 0.6) is 11.5 Å². The average molecular weight is 558 g/mol. The van der Waals surface area contributed by atoms with Crippen LogP contribution in [0.2, 0.25) is 0 Å². The molecule has 0 aliphatic carbocycles. The molecule has 0 saturated carbocycles. The molecule has 0 radical (unpaired) electrons. The Morgan fingerprint density at radius 1 is 1.10 bits per heavy atom. The number of aryl methyl sites for hydroxylation is 1. The summed E-state index contributed by atoms with van der Waals surface area (Å²) < 4.78 is 12.5. The van der Waals surface area contributed by atoms with Crippen molar-refractivity contribution in [2.45, 2.75) is 25.9 Å². The van der Waals surface area contributed by atoms with Gasteiger partial charge in [-0.05, 0) is 80.2 Å². The van der Waals surface area contributed by atoms with Gasteiger partial charge in [-0.25, -0.2) is 0 Å². The molecule has 206 valence electrons. The third-order valence-corrected chi connectivity index (χ3v) is 7.33. The van der Waals surface area contributed by atoms with Crippen LogP contribution in [0.25, 0.3) is 5.69 Å². The van der Waals surface area contributed by atoms with E-state index in [2.05, 4.69) is 21.7 Å². The van der Waals surface area contributed by atoms with Gasteiger partial charge in [-0.15, -0.1) is 0 Å². The minimum absolute atomic E-state index is 0.0836. The molecule has 2 aromatic carbocycles. The topological polar surface area (TPSA) is 101 Å². The summed E-state index contributed by atoms with van der Waals surface area (Å²) in [6.07, 6.45) is 1.77. The van der Waals surface area contributed by atoms with Crippen molar-refractivity contribution in [2.75, 3.05) is 31.0 Å². The van der Waals surface area contributed by atoms with Crippen LogP contribution < -0.4 is 20.3 Å². The van der Waals surface area contributed by atoms with Gasteiger partial charge in [0.25, 0.3) is 0 Å². The molecule has 40 heavy (non-hydrogen) atoms. The number of ether oxygens (including phenoxy) is 2. The van der Waals surface area contributed by atoms with Crippen LogP contribution in [0.4, 0.5) is 11.4 Å². The Morgan fingerprint density at radius 3 is 2.58 bits per heavy atom. The van der Waals surface area contributed by atoms with Crippen LogP contribution in [0, 0.1) is 13.8 Å². The number of anilines is 2. The van der Waals surface area contributed by atoms with Gasteiger partial charge in [0.05, 0.1) is 36.3 Å². The van der Waals surface area contributed by atoms with E-state index >= 15 is 0 Å². The van der Waals surface area contributed by atoms with Crippen LogP contribution in [0.15, 0.2) is 72.9 Å². The number of carbonyl (C=O) groups excluding carboxylic acids is 1. The lowest BCUT2D eigenvalue weighted by atomic mass is 9.96. The summed E-state index contributed by atoms with van der Waals surface area (Å²) in [7, 11) is 3.02. The van der Waals surface area contributed by atoms with Crippen molar-refractivity contribution >= 4 is 34.6 Å². The van der Waals surface area contributed by atoms with Crippen molar-refractivity contribution in [3.8, 4) is 17.2 Å². The number of nitrogens with one attached hydrogen (secondary N) is 2. The van der Waals surface area contributed by atoms with Crippen molar-refractivity contribution in [3.63, 3.8) is 0 Å². The monoisotopic (exact) mass is 557 g/mol. The van der Waals surface area contributed by atoms with Gasteiger partial charge in [0.1, 0.15) is 18.1 Å². The predicted octanol–water partition coefficient (Wildman–Crippen LogP) is 4.97. The number of nitrogens with zero attached hydrogens (tertiary/aromatic N) is 3. The molecule has 2 aromatic heterocycles. The van der Waals surface area contributed by atoms with Gasteiger partial charge in [-0.1, -0.05) is 18.2 Å². The number of aromatic nitrogens is 2. The standard InChI is InChI=1S/C30H31N5O4S/c1-18-15-21(19(2)34(18)24-10-5-6-11-25(24)36)29-28(22-9-7-8-14-31-22)33-30(40)35(29)20-12-13-26(39-4)23(16-20)32-27(37)17-38-3/h5-16,28-29,36H,17H2,1-4H3,(H,32,37)(H,33,40)/t28-,29+/m0/s1. The third kappa shape index (κ3) is 4.99. The number of thiocarbonyl (C=S) groups is 1. The molecule has 4 aromatic rings. The summed E-state index contributed by atoms with van der Waals surface area (Å²) in [5.74, 6) is 0.414. The Hall–Kier alpha value is -4.41. The maximum atomic E-state index is 12.4. The van der Waals surface area contributed by atoms with Crippen LogP contribution in [0.1, 0.15) is 34.7 Å². The van der Waals surface area contributed by atoms with Crippen molar-refractivity contribution in [1.82, 2.24) is 14.9 Å². The van der Waals surface area contributed by atoms with Crippen LogP contribution in [-0.2, 0) is 9.53 Å². The summed E-state index contributed by atoms with van der Waals surface area (Å²) in [6, 6.07) is 20.2. The van der Waals surface area contributed by atoms with Gasteiger partial charge in [0.15, 0.2) is 5.11 Å². The fourth-order valence-electron chi connectivity index (χ4n) is 5.32. The highest BCUT2D eigenvalue weighted by Crippen LogP contribution is 2.45. The van der Waals surface area contributed by atoms with E-state index in [9.17, 15) is 9.90 Å². The molecule has 1 aliphatic rings. The molecule has 3 N–H and O–H groups in total. The highest BCUT2D eigenvalue weighted by molar-refractivity contribution is 7.80. The fourth-order valence-corrected chi connectivity index (χ4v) is 5.67.